The highest BCUT2D eigenvalue weighted by atomic mass is 14.7. The molecule has 0 saturated carbocycles. The molecule has 0 saturated heterocycles. The van der Waals surface area contributed by atoms with Gasteiger partial charge in [0.1, 0.15) is 0 Å². The second-order valence-corrected chi connectivity index (χ2v) is 10.3. The van der Waals surface area contributed by atoms with Crippen LogP contribution in [0.4, 0.5) is 0 Å². The van der Waals surface area contributed by atoms with Crippen molar-refractivity contribution in [3.05, 3.63) is 155 Å². The zero-order chi connectivity index (χ0) is 23.0. The van der Waals surface area contributed by atoms with Crippen molar-refractivity contribution >= 4 is 5.71 Å². The van der Waals surface area contributed by atoms with Gasteiger partial charge in [0.25, 0.3) is 0 Å². The fourth-order valence-corrected chi connectivity index (χ4v) is 7.34. The molecule has 4 aliphatic carbocycles. The third-order valence-corrected chi connectivity index (χ3v) is 8.76. The fourth-order valence-electron chi connectivity index (χ4n) is 7.34. The van der Waals surface area contributed by atoms with Gasteiger partial charge in [-0.05, 0) is 44.5 Å². The average molecular weight is 448 g/mol. The van der Waals surface area contributed by atoms with E-state index >= 15 is 0 Å². The highest BCUT2D eigenvalue weighted by Crippen LogP contribution is 2.65. The summed E-state index contributed by atoms with van der Waals surface area (Å²) in [5.74, 6) is 1.11. The molecule has 0 fully saturated rings. The van der Waals surface area contributed by atoms with Gasteiger partial charge >= 0.3 is 0 Å². The van der Waals surface area contributed by atoms with Crippen LogP contribution in [0.3, 0.4) is 0 Å². The van der Waals surface area contributed by atoms with Gasteiger partial charge < -0.3 is 0 Å². The third kappa shape index (κ3) is 2.46. The van der Waals surface area contributed by atoms with Gasteiger partial charge in [0, 0.05) is 36.1 Å². The fraction of sp³-hybridized carbons (Fsp3) is 0.147. The number of benzene rings is 3. The second kappa shape index (κ2) is 7.02. The van der Waals surface area contributed by atoms with E-state index in [1.54, 1.807) is 0 Å². The first-order valence-electron chi connectivity index (χ1n) is 12.7. The molecule has 3 aromatic carbocycles. The average Bonchev–Trinajstić information content (AvgIpc) is 3.40. The standard InChI is InChI=1S/C34H25N/c1-2-10-24-21-35-33(20-22(24)9-1)23-17-18-28-27-13-5-8-16-31(27)34(32(28)19-23)29-14-6-3-11-25(29)26-12-4-7-15-30(26)34/h1-19,21-22,28,32H,20H2. The minimum absolute atomic E-state index is 0.172. The van der Waals surface area contributed by atoms with Crippen LogP contribution in [0.1, 0.15) is 34.6 Å². The first-order chi connectivity index (χ1) is 17.4. The van der Waals surface area contributed by atoms with Gasteiger partial charge in [-0.3, -0.25) is 4.99 Å². The number of nitrogens with zero attached hydrogens (tertiary/aromatic N) is 1. The molecule has 166 valence electrons. The monoisotopic (exact) mass is 447 g/mol. The van der Waals surface area contributed by atoms with E-state index in [0.29, 0.717) is 17.8 Å². The van der Waals surface area contributed by atoms with Crippen molar-refractivity contribution < 1.29 is 0 Å². The molecule has 3 aromatic rings. The Balaban J connectivity index is 1.36. The molecule has 35 heavy (non-hydrogen) atoms. The normalized spacial score (nSPS) is 25.7. The van der Waals surface area contributed by atoms with Crippen LogP contribution in [0.2, 0.25) is 0 Å². The van der Waals surface area contributed by atoms with Crippen LogP contribution in [0.15, 0.2) is 138 Å². The molecule has 3 unspecified atom stereocenters. The van der Waals surface area contributed by atoms with E-state index in [1.165, 1.54) is 50.2 Å². The largest absolute Gasteiger partial charge is 0.260 e. The minimum Gasteiger partial charge on any atom is -0.260 e. The molecule has 1 nitrogen and oxygen atoms in total. The Hall–Kier alpha value is -3.97. The van der Waals surface area contributed by atoms with E-state index in [9.17, 15) is 0 Å². The number of rotatable bonds is 1. The van der Waals surface area contributed by atoms with Crippen LogP contribution in [0, 0.1) is 11.8 Å². The SMILES string of the molecule is C1=CC2=CN=C(C3=CC4C(C=C3)c3ccccc3C43c4ccccc4-c4ccccc43)CC2C=C1. The predicted octanol–water partition coefficient (Wildman–Crippen LogP) is 7.68. The van der Waals surface area contributed by atoms with Crippen LogP contribution in [0.5, 0.6) is 0 Å². The molecule has 0 amide bonds. The number of fused-ring (bicyclic) bond motifs is 11. The van der Waals surface area contributed by atoms with Gasteiger partial charge in [0.2, 0.25) is 0 Å². The first kappa shape index (κ1) is 19.3. The Morgan fingerprint density at radius 1 is 0.714 bits per heavy atom. The first-order valence-corrected chi connectivity index (χ1v) is 12.7. The highest BCUT2D eigenvalue weighted by molar-refractivity contribution is 6.04. The van der Waals surface area contributed by atoms with Crippen LogP contribution < -0.4 is 0 Å². The van der Waals surface area contributed by atoms with Gasteiger partial charge in [-0.15, -0.1) is 0 Å². The molecular weight excluding hydrogens is 422 g/mol. The van der Waals surface area contributed by atoms with E-state index < -0.39 is 0 Å². The number of hydrogen-bond donors (Lipinski definition) is 0. The maximum absolute atomic E-state index is 4.95. The number of aliphatic imine (C=N–C) groups is 1. The predicted molar refractivity (Wildman–Crippen MR) is 144 cm³/mol. The van der Waals surface area contributed by atoms with Crippen molar-refractivity contribution in [2.75, 3.05) is 0 Å². The Morgan fingerprint density at radius 3 is 2.23 bits per heavy atom. The van der Waals surface area contributed by atoms with Crippen molar-refractivity contribution in [3.63, 3.8) is 0 Å². The lowest BCUT2D eigenvalue weighted by atomic mass is 9.64. The molecule has 5 aliphatic rings. The Kier molecular flexibility index (Phi) is 3.88. The van der Waals surface area contributed by atoms with Crippen molar-refractivity contribution in [1.29, 1.82) is 0 Å². The highest BCUT2D eigenvalue weighted by Gasteiger charge is 2.57. The zero-order valence-electron chi connectivity index (χ0n) is 19.4. The Labute approximate surface area is 206 Å². The maximum Gasteiger partial charge on any atom is 0.0538 e. The van der Waals surface area contributed by atoms with E-state index in [1.807, 2.05) is 0 Å². The topological polar surface area (TPSA) is 12.4 Å². The van der Waals surface area contributed by atoms with Crippen molar-refractivity contribution in [2.45, 2.75) is 17.8 Å². The minimum atomic E-state index is -0.172. The molecular formula is C34H25N. The number of hydrogen-bond acceptors (Lipinski definition) is 1. The molecule has 0 N–H and O–H groups in total. The van der Waals surface area contributed by atoms with E-state index in [4.69, 9.17) is 4.99 Å². The Bertz CT molecular complexity index is 1540. The summed E-state index contributed by atoms with van der Waals surface area (Å²) in [5, 5.41) is 0. The summed E-state index contributed by atoms with van der Waals surface area (Å²) in [4.78, 5) is 4.95. The molecule has 0 radical (unpaired) electrons. The van der Waals surface area contributed by atoms with Gasteiger partial charge in [-0.1, -0.05) is 115 Å². The summed E-state index contributed by atoms with van der Waals surface area (Å²) in [5.41, 5.74) is 12.2. The lowest BCUT2D eigenvalue weighted by Gasteiger charge is -2.37. The smallest absolute Gasteiger partial charge is 0.0538 e. The molecule has 8 rings (SSSR count). The zero-order valence-corrected chi connectivity index (χ0v) is 19.4. The van der Waals surface area contributed by atoms with E-state index in [0.717, 1.165) is 6.42 Å². The summed E-state index contributed by atoms with van der Waals surface area (Å²) in [6, 6.07) is 27.3. The van der Waals surface area contributed by atoms with Gasteiger partial charge in [-0.25, -0.2) is 0 Å². The molecule has 1 heteroatoms. The molecule has 0 bridgehead atoms. The molecule has 1 aliphatic heterocycles. The molecule has 0 aromatic heterocycles. The summed E-state index contributed by atoms with van der Waals surface area (Å²) >= 11 is 0. The summed E-state index contributed by atoms with van der Waals surface area (Å²) in [6.45, 7) is 0. The lowest BCUT2D eigenvalue weighted by molar-refractivity contribution is 0.464. The summed E-state index contributed by atoms with van der Waals surface area (Å²) < 4.78 is 0. The van der Waals surface area contributed by atoms with Crippen LogP contribution in [-0.4, -0.2) is 5.71 Å². The van der Waals surface area contributed by atoms with Crippen molar-refractivity contribution in [3.8, 4) is 11.1 Å². The Morgan fingerprint density at radius 2 is 1.43 bits per heavy atom. The number of allylic oxidation sites excluding steroid dienone is 9. The van der Waals surface area contributed by atoms with Crippen LogP contribution in [-0.2, 0) is 5.41 Å². The molecule has 1 spiro atoms. The summed E-state index contributed by atoms with van der Waals surface area (Å²) in [6.07, 6.45) is 19.2. The molecule has 1 heterocycles. The van der Waals surface area contributed by atoms with Crippen LogP contribution >= 0.6 is 0 Å². The van der Waals surface area contributed by atoms with Crippen molar-refractivity contribution in [2.24, 2.45) is 16.8 Å². The third-order valence-electron chi connectivity index (χ3n) is 8.76. The second-order valence-electron chi connectivity index (χ2n) is 10.3. The van der Waals surface area contributed by atoms with E-state index in [-0.39, 0.29) is 5.41 Å². The van der Waals surface area contributed by atoms with E-state index in [2.05, 4.69) is 122 Å². The lowest BCUT2D eigenvalue weighted by Crippen LogP contribution is -2.33. The van der Waals surface area contributed by atoms with Crippen LogP contribution in [0.25, 0.3) is 11.1 Å². The van der Waals surface area contributed by atoms with Gasteiger partial charge in [0.15, 0.2) is 0 Å². The molecule has 3 atom stereocenters. The maximum atomic E-state index is 4.95. The quantitative estimate of drug-likeness (QED) is 0.363. The van der Waals surface area contributed by atoms with Gasteiger partial charge in [-0.2, -0.15) is 0 Å². The van der Waals surface area contributed by atoms with Crippen molar-refractivity contribution in [1.82, 2.24) is 0 Å². The summed E-state index contributed by atoms with van der Waals surface area (Å²) in [7, 11) is 0. The van der Waals surface area contributed by atoms with Gasteiger partial charge in [0.05, 0.1) is 5.41 Å².